The summed E-state index contributed by atoms with van der Waals surface area (Å²) in [7, 11) is 0. The summed E-state index contributed by atoms with van der Waals surface area (Å²) in [6.45, 7) is 5.00. The van der Waals surface area contributed by atoms with Crippen molar-refractivity contribution in [1.82, 2.24) is 0 Å². The van der Waals surface area contributed by atoms with E-state index in [1.54, 1.807) is 0 Å². The van der Waals surface area contributed by atoms with E-state index in [0.717, 1.165) is 13.0 Å². The Hall–Kier alpha value is 0.782. The van der Waals surface area contributed by atoms with Crippen LogP contribution in [0.4, 0.5) is 0 Å². The quantitative estimate of drug-likeness (QED) is 0.552. The van der Waals surface area contributed by atoms with Crippen molar-refractivity contribution in [3.63, 3.8) is 0 Å². The molecule has 0 saturated heterocycles. The maximum atomic E-state index is 5.15. The van der Waals surface area contributed by atoms with Gasteiger partial charge in [0.15, 0.2) is 16.3 Å². The van der Waals surface area contributed by atoms with Crippen LogP contribution in [0.1, 0.15) is 20.3 Å². The van der Waals surface area contributed by atoms with Gasteiger partial charge in [0.2, 0.25) is 0 Å². The smallest absolute Gasteiger partial charge is 0.170 e. The Morgan fingerprint density at radius 1 is 1.62 bits per heavy atom. The van der Waals surface area contributed by atoms with Crippen molar-refractivity contribution >= 4 is 28.7 Å². The molecule has 3 heteroatoms. The molecule has 0 aliphatic carbocycles. The van der Waals surface area contributed by atoms with Crippen LogP contribution in [0.2, 0.25) is 0 Å². The van der Waals surface area contributed by atoms with E-state index in [1.807, 2.05) is 6.92 Å². The minimum absolute atomic E-state index is 0. The molecule has 0 saturated carbocycles. The van der Waals surface area contributed by atoms with Gasteiger partial charge >= 0.3 is 0 Å². The van der Waals surface area contributed by atoms with E-state index >= 15 is 0 Å². The second-order valence-corrected chi connectivity index (χ2v) is 2.51. The van der Waals surface area contributed by atoms with Gasteiger partial charge in [0.1, 0.15) is 0 Å². The predicted molar refractivity (Wildman–Crippen MR) is 38.7 cm³/mol. The van der Waals surface area contributed by atoms with Crippen molar-refractivity contribution in [1.29, 1.82) is 0 Å². The lowest BCUT2D eigenvalue weighted by Gasteiger charge is -2.04. The number of hydrogen-bond donors (Lipinski definition) is 0. The Bertz CT molecular complexity index is 41.4. The van der Waals surface area contributed by atoms with Gasteiger partial charge in [0.05, 0.1) is 0 Å². The predicted octanol–water partition coefficient (Wildman–Crippen LogP) is 1.35. The SMILES string of the molecule is CCCO[CH](C)[Al].Cl. The fourth-order valence-electron chi connectivity index (χ4n) is 0.304. The molecule has 8 heavy (non-hydrogen) atoms. The van der Waals surface area contributed by atoms with E-state index < -0.39 is 0 Å². The summed E-state index contributed by atoms with van der Waals surface area (Å²) < 4.78 is 5.15. The van der Waals surface area contributed by atoms with E-state index in [-0.39, 0.29) is 12.4 Å². The van der Waals surface area contributed by atoms with Crippen LogP contribution in [0, 0.1) is 0 Å². The van der Waals surface area contributed by atoms with Gasteiger partial charge in [0, 0.05) is 6.61 Å². The molecular formula is C5H12AlClO. The van der Waals surface area contributed by atoms with Gasteiger partial charge in [-0.25, -0.2) is 0 Å². The summed E-state index contributed by atoms with van der Waals surface area (Å²) in [5, 5.41) is 0. The summed E-state index contributed by atoms with van der Waals surface area (Å²) in [4.78, 5) is 0.319. The lowest BCUT2D eigenvalue weighted by Crippen LogP contribution is -2.07. The van der Waals surface area contributed by atoms with E-state index in [0.29, 0.717) is 4.97 Å². The lowest BCUT2D eigenvalue weighted by molar-refractivity contribution is 0.119. The molecule has 0 rings (SSSR count). The van der Waals surface area contributed by atoms with Gasteiger partial charge in [-0.3, -0.25) is 0 Å². The standard InChI is InChI=1S/C5H11O.Al.ClH/c1-3-5-6-4-2;;/h4H,3,5H2,1-2H3;;1H. The van der Waals surface area contributed by atoms with Crippen LogP contribution in [0.3, 0.4) is 0 Å². The largest absolute Gasteiger partial charge is 0.396 e. The minimum Gasteiger partial charge on any atom is -0.396 e. The Kier molecular flexibility index (Phi) is 11.2. The molecule has 1 atom stereocenters. The maximum Gasteiger partial charge on any atom is 0.170 e. The average Bonchev–Trinajstić information content (AvgIpc) is 1.61. The number of hydrogen-bond acceptors (Lipinski definition) is 1. The fraction of sp³-hybridized carbons (Fsp3) is 1.00. The highest BCUT2D eigenvalue weighted by molar-refractivity contribution is 6.10. The van der Waals surface area contributed by atoms with Gasteiger partial charge in [-0.15, -0.1) is 12.4 Å². The lowest BCUT2D eigenvalue weighted by atomic mass is 10.5. The Labute approximate surface area is 65.6 Å². The van der Waals surface area contributed by atoms with Crippen LogP contribution in [0.25, 0.3) is 0 Å². The van der Waals surface area contributed by atoms with E-state index in [9.17, 15) is 0 Å². The first-order valence-corrected chi connectivity index (χ1v) is 3.31. The topological polar surface area (TPSA) is 9.23 Å². The zero-order chi connectivity index (χ0) is 5.70. The second-order valence-electron chi connectivity index (χ2n) is 1.58. The van der Waals surface area contributed by atoms with Crippen LogP contribution in [-0.2, 0) is 4.74 Å². The van der Waals surface area contributed by atoms with Crippen molar-refractivity contribution in [3.8, 4) is 0 Å². The van der Waals surface area contributed by atoms with Crippen molar-refractivity contribution < 1.29 is 4.74 Å². The fourth-order valence-corrected chi connectivity index (χ4v) is 0.440. The van der Waals surface area contributed by atoms with Gasteiger partial charge in [-0.1, -0.05) is 13.8 Å². The molecular weight excluding hydrogens is 138 g/mol. The molecule has 0 spiro atoms. The molecule has 0 aromatic carbocycles. The van der Waals surface area contributed by atoms with Gasteiger partial charge in [-0.05, 0) is 11.4 Å². The maximum absolute atomic E-state index is 5.15. The summed E-state index contributed by atoms with van der Waals surface area (Å²) in [6, 6.07) is 0. The molecule has 0 N–H and O–H groups in total. The first kappa shape index (κ1) is 11.6. The highest BCUT2D eigenvalue weighted by atomic mass is 35.5. The molecule has 1 unspecified atom stereocenters. The van der Waals surface area contributed by atoms with Crippen molar-refractivity contribution in [3.05, 3.63) is 0 Å². The van der Waals surface area contributed by atoms with Gasteiger partial charge < -0.3 is 4.74 Å². The third-order valence-electron chi connectivity index (χ3n) is 0.585. The van der Waals surface area contributed by atoms with Crippen molar-refractivity contribution in [2.45, 2.75) is 25.2 Å². The Morgan fingerprint density at radius 2 is 2.12 bits per heavy atom. The zero-order valence-electron chi connectivity index (χ0n) is 5.39. The van der Waals surface area contributed by atoms with Crippen LogP contribution in [-0.4, -0.2) is 27.9 Å². The highest BCUT2D eigenvalue weighted by Gasteiger charge is 1.86. The molecule has 0 amide bonds. The average molecular weight is 151 g/mol. The van der Waals surface area contributed by atoms with Crippen molar-refractivity contribution in [2.24, 2.45) is 0 Å². The molecule has 0 heterocycles. The first-order valence-electron chi connectivity index (χ1n) is 2.64. The summed E-state index contributed by atoms with van der Waals surface area (Å²) in [5.74, 6) is 0. The third-order valence-corrected chi connectivity index (χ3v) is 0.777. The van der Waals surface area contributed by atoms with Crippen LogP contribution in [0.5, 0.6) is 0 Å². The molecule has 0 fully saturated rings. The van der Waals surface area contributed by atoms with Crippen molar-refractivity contribution in [2.75, 3.05) is 6.61 Å². The monoisotopic (exact) mass is 150 g/mol. The summed E-state index contributed by atoms with van der Waals surface area (Å²) >= 11 is 2.59. The van der Waals surface area contributed by atoms with E-state index in [4.69, 9.17) is 4.74 Å². The summed E-state index contributed by atoms with van der Waals surface area (Å²) in [6.07, 6.45) is 1.11. The van der Waals surface area contributed by atoms with Gasteiger partial charge in [-0.2, -0.15) is 0 Å². The molecule has 48 valence electrons. The minimum atomic E-state index is 0. The first-order chi connectivity index (χ1) is 3.27. The third kappa shape index (κ3) is 9.92. The highest BCUT2D eigenvalue weighted by Crippen LogP contribution is 1.84. The molecule has 0 bridgehead atoms. The van der Waals surface area contributed by atoms with Crippen LogP contribution >= 0.6 is 12.4 Å². The van der Waals surface area contributed by atoms with Crippen LogP contribution in [0.15, 0.2) is 0 Å². The zero-order valence-corrected chi connectivity index (χ0v) is 7.36. The summed E-state index contributed by atoms with van der Waals surface area (Å²) in [5.41, 5.74) is 0. The number of rotatable bonds is 3. The second kappa shape index (κ2) is 7.78. The van der Waals surface area contributed by atoms with E-state index in [2.05, 4.69) is 23.2 Å². The Morgan fingerprint density at radius 3 is 2.25 bits per heavy atom. The number of halogens is 1. The normalized spacial score (nSPS) is 12.2. The molecule has 0 aliphatic rings. The molecule has 1 nitrogen and oxygen atoms in total. The molecule has 0 aromatic rings. The molecule has 0 aliphatic heterocycles. The van der Waals surface area contributed by atoms with Gasteiger partial charge in [0.25, 0.3) is 0 Å². The number of ether oxygens (including phenoxy) is 1. The molecule has 0 aromatic heterocycles. The van der Waals surface area contributed by atoms with E-state index in [1.165, 1.54) is 0 Å². The molecule has 2 radical (unpaired) electrons. The van der Waals surface area contributed by atoms with Crippen LogP contribution < -0.4 is 0 Å². The Balaban J connectivity index is 0.